The van der Waals surface area contributed by atoms with Gasteiger partial charge in [0.1, 0.15) is 6.33 Å². The number of aromatic amines is 1. The topological polar surface area (TPSA) is 82.0 Å². The quantitative estimate of drug-likeness (QED) is 0.583. The first-order chi connectivity index (χ1) is 4.58. The Kier molecular flexibility index (Phi) is 2.43. The molecule has 0 aliphatic carbocycles. The molecule has 56 valence electrons. The van der Waals surface area contributed by atoms with E-state index in [4.69, 9.17) is 9.79 Å². The first kappa shape index (κ1) is 8.16. The molecule has 0 spiro atoms. The minimum Gasteiger partial charge on any atom is -0.337 e. The third kappa shape index (κ3) is 2.76. The number of hydrogen-bond acceptors (Lipinski definition) is 4. The van der Waals surface area contributed by atoms with Crippen molar-refractivity contribution in [2.75, 3.05) is 0 Å². The molecule has 0 saturated heterocycles. The van der Waals surface area contributed by atoms with Crippen LogP contribution in [-0.2, 0) is 11.8 Å². The van der Waals surface area contributed by atoms with Crippen LogP contribution in [0.2, 0.25) is 0 Å². The maximum Gasteiger partial charge on any atom is 0.249 e. The van der Waals surface area contributed by atoms with Crippen molar-refractivity contribution in [2.45, 2.75) is 5.16 Å². The van der Waals surface area contributed by atoms with Gasteiger partial charge in [0, 0.05) is 11.4 Å². The van der Waals surface area contributed by atoms with Gasteiger partial charge in [0.2, 0.25) is 5.69 Å². The molecule has 1 heterocycles. The predicted molar refractivity (Wildman–Crippen MR) is 41.0 cm³/mol. The zero-order chi connectivity index (χ0) is 7.61. The maximum atomic E-state index is 8.75. The van der Waals surface area contributed by atoms with Crippen LogP contribution in [0.1, 0.15) is 0 Å². The highest BCUT2D eigenvalue weighted by atomic mass is 32.9. The summed E-state index contributed by atoms with van der Waals surface area (Å²) in [4.78, 5) is 21.1. The highest BCUT2D eigenvalue weighted by Crippen LogP contribution is 2.53. The minimum absolute atomic E-state index is 0.327. The van der Waals surface area contributed by atoms with Crippen LogP contribution < -0.4 is 0 Å². The van der Waals surface area contributed by atoms with E-state index in [2.05, 4.69) is 27.0 Å². The van der Waals surface area contributed by atoms with Crippen molar-refractivity contribution >= 4 is 28.9 Å². The Morgan fingerprint density at radius 2 is 2.40 bits per heavy atom. The Bertz CT molecular complexity index is 243. The van der Waals surface area contributed by atoms with E-state index in [-0.39, 0.29) is 0 Å². The van der Waals surface area contributed by atoms with Crippen molar-refractivity contribution in [3.8, 4) is 0 Å². The number of H-pyrrole nitrogens is 1. The highest BCUT2D eigenvalue weighted by molar-refractivity contribution is 8.67. The Morgan fingerprint density at radius 1 is 1.70 bits per heavy atom. The van der Waals surface area contributed by atoms with Crippen molar-refractivity contribution < 1.29 is 9.79 Å². The van der Waals surface area contributed by atoms with E-state index in [1.807, 2.05) is 0 Å². The number of nitrogens with one attached hydrogen (secondary N) is 1. The van der Waals surface area contributed by atoms with Gasteiger partial charge in [0.25, 0.3) is 0 Å². The number of rotatable bonds is 2. The smallest absolute Gasteiger partial charge is 0.249 e. The first-order valence-corrected chi connectivity index (χ1v) is 6.31. The molecule has 1 aromatic rings. The van der Waals surface area contributed by atoms with Gasteiger partial charge in [-0.05, 0) is 11.8 Å². The monoisotopic (exact) mass is 197 g/mol. The van der Waals surface area contributed by atoms with Gasteiger partial charge in [0.05, 0.1) is 0 Å². The van der Waals surface area contributed by atoms with Crippen LogP contribution in [0.5, 0.6) is 0 Å². The summed E-state index contributed by atoms with van der Waals surface area (Å²) in [7, 11) is 0. The van der Waals surface area contributed by atoms with Gasteiger partial charge in [0.15, 0.2) is 5.16 Å². The largest absolute Gasteiger partial charge is 0.337 e. The normalized spacial score (nSPS) is 11.8. The lowest BCUT2D eigenvalue weighted by Gasteiger charge is -2.00. The fourth-order valence-corrected chi connectivity index (χ4v) is 2.34. The lowest BCUT2D eigenvalue weighted by molar-refractivity contribution is 0.502. The summed E-state index contributed by atoms with van der Waals surface area (Å²) in [5.74, 6) is 0. The molecule has 0 atom stereocenters. The predicted octanol–water partition coefficient (Wildman–Crippen LogP) is 0.106. The lowest BCUT2D eigenvalue weighted by Crippen LogP contribution is -1.74. The summed E-state index contributed by atoms with van der Waals surface area (Å²) < 4.78 is 0. The van der Waals surface area contributed by atoms with Crippen LogP contribution in [-0.4, -0.2) is 25.0 Å². The number of nitrogens with zero attached hydrogens (tertiary/aromatic N) is 2. The molecule has 1 rings (SSSR count). The SMILES string of the molecule is OP(O)(=S)Sc1ncn[nH]1. The van der Waals surface area contributed by atoms with E-state index in [9.17, 15) is 0 Å². The summed E-state index contributed by atoms with van der Waals surface area (Å²) in [6, 6.07) is 0. The van der Waals surface area contributed by atoms with Crippen LogP contribution in [0.25, 0.3) is 0 Å². The van der Waals surface area contributed by atoms with Gasteiger partial charge in [-0.15, -0.1) is 0 Å². The second-order valence-corrected chi connectivity index (χ2v) is 7.22. The van der Waals surface area contributed by atoms with Crippen molar-refractivity contribution in [3.63, 3.8) is 0 Å². The lowest BCUT2D eigenvalue weighted by atomic mass is 11.3. The molecule has 0 bridgehead atoms. The van der Waals surface area contributed by atoms with Crippen LogP contribution in [0, 0.1) is 0 Å². The summed E-state index contributed by atoms with van der Waals surface area (Å²) in [5.41, 5.74) is -3.24. The van der Waals surface area contributed by atoms with Crippen LogP contribution in [0.15, 0.2) is 11.5 Å². The van der Waals surface area contributed by atoms with Crippen molar-refractivity contribution in [2.24, 2.45) is 0 Å². The van der Waals surface area contributed by atoms with Crippen LogP contribution in [0.4, 0.5) is 0 Å². The Morgan fingerprint density at radius 3 is 2.80 bits per heavy atom. The summed E-state index contributed by atoms with van der Waals surface area (Å²) >= 11 is 5.05. The minimum atomic E-state index is -3.24. The molecular formula is C2H4N3O2PS2. The molecule has 0 aromatic carbocycles. The molecule has 0 amide bonds. The second kappa shape index (κ2) is 2.98. The average Bonchev–Trinajstić information content (AvgIpc) is 2.12. The molecule has 0 aliphatic heterocycles. The summed E-state index contributed by atoms with van der Waals surface area (Å²) in [6.45, 7) is 0. The maximum absolute atomic E-state index is 8.75. The van der Waals surface area contributed by atoms with Gasteiger partial charge >= 0.3 is 0 Å². The number of aromatic nitrogens is 3. The van der Waals surface area contributed by atoms with Gasteiger partial charge in [-0.1, -0.05) is 0 Å². The Balaban J connectivity index is 2.66. The molecule has 0 fully saturated rings. The second-order valence-electron chi connectivity index (χ2n) is 1.37. The van der Waals surface area contributed by atoms with E-state index >= 15 is 0 Å². The fraction of sp³-hybridized carbons (Fsp3) is 0. The van der Waals surface area contributed by atoms with Gasteiger partial charge in [-0.3, -0.25) is 5.10 Å². The van der Waals surface area contributed by atoms with E-state index < -0.39 is 5.69 Å². The zero-order valence-electron chi connectivity index (χ0n) is 4.63. The zero-order valence-corrected chi connectivity index (χ0v) is 7.16. The molecule has 3 N–H and O–H groups in total. The molecular weight excluding hydrogens is 193 g/mol. The van der Waals surface area contributed by atoms with Crippen molar-refractivity contribution in [1.29, 1.82) is 0 Å². The number of hydrogen-bond donors (Lipinski definition) is 3. The van der Waals surface area contributed by atoms with E-state index in [0.29, 0.717) is 16.5 Å². The van der Waals surface area contributed by atoms with E-state index in [1.165, 1.54) is 6.33 Å². The van der Waals surface area contributed by atoms with Gasteiger partial charge < -0.3 is 9.79 Å². The van der Waals surface area contributed by atoms with E-state index in [1.54, 1.807) is 0 Å². The summed E-state index contributed by atoms with van der Waals surface area (Å²) in [5, 5.41) is 6.26. The molecule has 0 saturated carbocycles. The molecule has 5 nitrogen and oxygen atoms in total. The molecule has 1 aromatic heterocycles. The summed E-state index contributed by atoms with van der Waals surface area (Å²) in [6.07, 6.45) is 1.27. The Labute approximate surface area is 65.8 Å². The third-order valence-electron chi connectivity index (χ3n) is 0.598. The van der Waals surface area contributed by atoms with E-state index in [0.717, 1.165) is 0 Å². The van der Waals surface area contributed by atoms with Gasteiger partial charge in [-0.2, -0.15) is 5.10 Å². The first-order valence-electron chi connectivity index (χ1n) is 2.18. The van der Waals surface area contributed by atoms with Crippen molar-refractivity contribution in [3.05, 3.63) is 6.33 Å². The molecule has 0 unspecified atom stereocenters. The van der Waals surface area contributed by atoms with Crippen LogP contribution in [0.3, 0.4) is 0 Å². The van der Waals surface area contributed by atoms with Crippen molar-refractivity contribution in [1.82, 2.24) is 15.2 Å². The van der Waals surface area contributed by atoms with Gasteiger partial charge in [-0.25, -0.2) is 4.98 Å². The third-order valence-corrected chi connectivity index (χ3v) is 3.11. The standard InChI is InChI=1S/C2H4N3O2PS2/c6-8(7,9)10-2-3-1-4-5-2/h1H,(H,3,4,5)(H2,6,7,9). The fourth-order valence-electron chi connectivity index (χ4n) is 0.351. The Hall–Kier alpha value is 0.0600. The molecule has 0 aliphatic rings. The average molecular weight is 197 g/mol. The van der Waals surface area contributed by atoms with Crippen LogP contribution >= 0.6 is 17.1 Å². The molecule has 0 radical (unpaired) electrons. The molecule has 10 heavy (non-hydrogen) atoms. The highest BCUT2D eigenvalue weighted by Gasteiger charge is 2.11. The molecule has 8 heteroatoms.